The molecule has 4 nitrogen and oxygen atoms in total. The fourth-order valence-electron chi connectivity index (χ4n) is 2.81. The van der Waals surface area contributed by atoms with Crippen molar-refractivity contribution in [3.8, 4) is 0 Å². The van der Waals surface area contributed by atoms with Gasteiger partial charge in [-0.15, -0.1) is 11.3 Å². The Morgan fingerprint density at radius 3 is 2.86 bits per heavy atom. The van der Waals surface area contributed by atoms with Crippen LogP contribution >= 0.6 is 11.3 Å². The molecule has 2 rings (SSSR count). The van der Waals surface area contributed by atoms with E-state index in [4.69, 9.17) is 4.99 Å². The number of nitrogens with zero attached hydrogens (tertiary/aromatic N) is 2. The van der Waals surface area contributed by atoms with Gasteiger partial charge in [-0.1, -0.05) is 19.9 Å². The predicted molar refractivity (Wildman–Crippen MR) is 97.0 cm³/mol. The van der Waals surface area contributed by atoms with Crippen LogP contribution in [0.2, 0.25) is 0 Å². The van der Waals surface area contributed by atoms with E-state index in [1.165, 1.54) is 24.3 Å². The van der Waals surface area contributed by atoms with Crippen LogP contribution in [0.25, 0.3) is 0 Å². The van der Waals surface area contributed by atoms with Crippen molar-refractivity contribution in [1.29, 1.82) is 0 Å². The number of guanidine groups is 1. The Bertz CT molecular complexity index is 467. The maximum absolute atomic E-state index is 4.81. The molecule has 1 aliphatic heterocycles. The SMILES string of the molecule is CCNC(=NCC(C)(C)c1cccs1)NCC1CCCN1C. The van der Waals surface area contributed by atoms with Gasteiger partial charge in [0, 0.05) is 29.4 Å². The van der Waals surface area contributed by atoms with Crippen molar-refractivity contribution in [3.63, 3.8) is 0 Å². The molecule has 0 aromatic carbocycles. The molecule has 1 fully saturated rings. The minimum absolute atomic E-state index is 0.0840. The first-order chi connectivity index (χ1) is 10.5. The maximum atomic E-state index is 4.81. The molecular weight excluding hydrogens is 292 g/mol. The number of likely N-dealkylation sites (N-methyl/N-ethyl adjacent to an activating group) is 1. The highest BCUT2D eigenvalue weighted by Gasteiger charge is 2.23. The second-order valence-corrected chi connectivity index (χ2v) is 7.66. The molecule has 0 aliphatic carbocycles. The van der Waals surface area contributed by atoms with E-state index in [1.807, 2.05) is 11.3 Å². The highest BCUT2D eigenvalue weighted by molar-refractivity contribution is 7.10. The number of hydrogen-bond donors (Lipinski definition) is 2. The summed E-state index contributed by atoms with van der Waals surface area (Å²) in [5.41, 5.74) is 0.0840. The van der Waals surface area contributed by atoms with Gasteiger partial charge in [-0.2, -0.15) is 0 Å². The average Bonchev–Trinajstić information content (AvgIpc) is 3.14. The van der Waals surface area contributed by atoms with Gasteiger partial charge < -0.3 is 15.5 Å². The van der Waals surface area contributed by atoms with Crippen molar-refractivity contribution in [2.45, 2.75) is 45.1 Å². The minimum atomic E-state index is 0.0840. The molecule has 2 N–H and O–H groups in total. The summed E-state index contributed by atoms with van der Waals surface area (Å²) >= 11 is 1.81. The molecule has 1 aliphatic rings. The summed E-state index contributed by atoms with van der Waals surface area (Å²) in [6, 6.07) is 4.95. The summed E-state index contributed by atoms with van der Waals surface area (Å²) in [6.45, 7) is 10.5. The fraction of sp³-hybridized carbons (Fsp3) is 0.706. The summed E-state index contributed by atoms with van der Waals surface area (Å²) in [4.78, 5) is 8.64. The second kappa shape index (κ2) is 7.97. The standard InChI is InChI=1S/C17H30N4S/c1-5-18-16(19-12-14-8-6-10-21(14)4)20-13-17(2,3)15-9-7-11-22-15/h7,9,11,14H,5-6,8,10,12-13H2,1-4H3,(H2,18,19,20). The molecule has 0 saturated carbocycles. The quantitative estimate of drug-likeness (QED) is 0.625. The van der Waals surface area contributed by atoms with Crippen LogP contribution in [0.1, 0.15) is 38.5 Å². The molecule has 0 radical (unpaired) electrons. The summed E-state index contributed by atoms with van der Waals surface area (Å²) < 4.78 is 0. The zero-order chi connectivity index (χ0) is 16.0. The summed E-state index contributed by atoms with van der Waals surface area (Å²) in [6.07, 6.45) is 2.59. The zero-order valence-electron chi connectivity index (χ0n) is 14.4. The number of thiophene rings is 1. The van der Waals surface area contributed by atoms with Gasteiger partial charge >= 0.3 is 0 Å². The molecule has 0 amide bonds. The molecule has 1 aromatic rings. The highest BCUT2D eigenvalue weighted by atomic mass is 32.1. The number of nitrogens with one attached hydrogen (secondary N) is 2. The Kier molecular flexibility index (Phi) is 6.26. The zero-order valence-corrected chi connectivity index (χ0v) is 15.2. The predicted octanol–water partition coefficient (Wildman–Crippen LogP) is 2.68. The third-order valence-corrected chi connectivity index (χ3v) is 5.58. The van der Waals surface area contributed by atoms with E-state index < -0.39 is 0 Å². The van der Waals surface area contributed by atoms with Crippen LogP contribution < -0.4 is 10.6 Å². The first-order valence-corrected chi connectivity index (χ1v) is 9.17. The molecule has 5 heteroatoms. The molecule has 1 atom stereocenters. The number of likely N-dealkylation sites (tertiary alicyclic amines) is 1. The third-order valence-electron chi connectivity index (χ3n) is 4.34. The van der Waals surface area contributed by atoms with Gasteiger partial charge in [0.05, 0.1) is 6.54 Å². The minimum Gasteiger partial charge on any atom is -0.357 e. The topological polar surface area (TPSA) is 39.7 Å². The first-order valence-electron chi connectivity index (χ1n) is 8.29. The number of rotatable bonds is 6. The molecule has 0 bridgehead atoms. The molecular formula is C17H30N4S. The van der Waals surface area contributed by atoms with E-state index in [1.54, 1.807) is 0 Å². The lowest BCUT2D eigenvalue weighted by molar-refractivity contribution is 0.309. The Morgan fingerprint density at radius 2 is 2.27 bits per heavy atom. The van der Waals surface area contributed by atoms with Gasteiger partial charge in [0.2, 0.25) is 0 Å². The Hall–Kier alpha value is -1.07. The van der Waals surface area contributed by atoms with E-state index >= 15 is 0 Å². The monoisotopic (exact) mass is 322 g/mol. The van der Waals surface area contributed by atoms with Gasteiger partial charge in [0.1, 0.15) is 0 Å². The van der Waals surface area contributed by atoms with Gasteiger partial charge in [-0.25, -0.2) is 0 Å². The van der Waals surface area contributed by atoms with Crippen LogP contribution in [0.4, 0.5) is 0 Å². The van der Waals surface area contributed by atoms with Crippen LogP contribution in [0.15, 0.2) is 22.5 Å². The highest BCUT2D eigenvalue weighted by Crippen LogP contribution is 2.27. The lowest BCUT2D eigenvalue weighted by Crippen LogP contribution is -2.44. The lowest BCUT2D eigenvalue weighted by Gasteiger charge is -2.23. The van der Waals surface area contributed by atoms with Crippen molar-refractivity contribution in [3.05, 3.63) is 22.4 Å². The van der Waals surface area contributed by atoms with Gasteiger partial charge in [0.15, 0.2) is 5.96 Å². The Labute approximate surface area is 139 Å². The lowest BCUT2D eigenvalue weighted by atomic mass is 9.92. The smallest absolute Gasteiger partial charge is 0.191 e. The summed E-state index contributed by atoms with van der Waals surface area (Å²) in [7, 11) is 2.21. The van der Waals surface area contributed by atoms with E-state index in [0.717, 1.165) is 25.6 Å². The van der Waals surface area contributed by atoms with E-state index in [9.17, 15) is 0 Å². The first kappa shape index (κ1) is 17.3. The van der Waals surface area contributed by atoms with Crippen LogP contribution in [0, 0.1) is 0 Å². The molecule has 0 spiro atoms. The van der Waals surface area contributed by atoms with E-state index in [2.05, 4.69) is 60.9 Å². The molecule has 1 unspecified atom stereocenters. The molecule has 2 heterocycles. The van der Waals surface area contributed by atoms with Gasteiger partial charge in [-0.3, -0.25) is 4.99 Å². The van der Waals surface area contributed by atoms with Crippen LogP contribution in [0.5, 0.6) is 0 Å². The normalized spacial score (nSPS) is 20.4. The van der Waals surface area contributed by atoms with E-state index in [0.29, 0.717) is 6.04 Å². The van der Waals surface area contributed by atoms with Crippen molar-refractivity contribution in [2.75, 3.05) is 33.2 Å². The molecule has 22 heavy (non-hydrogen) atoms. The fourth-order valence-corrected chi connectivity index (χ4v) is 3.66. The molecule has 124 valence electrons. The number of aliphatic imine (C=N–C) groups is 1. The van der Waals surface area contributed by atoms with Crippen molar-refractivity contribution < 1.29 is 0 Å². The van der Waals surface area contributed by atoms with Crippen LogP contribution in [0.3, 0.4) is 0 Å². The molecule has 1 saturated heterocycles. The summed E-state index contributed by atoms with van der Waals surface area (Å²) in [5.74, 6) is 0.937. The van der Waals surface area contributed by atoms with Crippen molar-refractivity contribution in [1.82, 2.24) is 15.5 Å². The van der Waals surface area contributed by atoms with Gasteiger partial charge in [-0.05, 0) is 44.8 Å². The second-order valence-electron chi connectivity index (χ2n) is 6.71. The largest absolute Gasteiger partial charge is 0.357 e. The third kappa shape index (κ3) is 4.71. The van der Waals surface area contributed by atoms with Crippen LogP contribution in [-0.2, 0) is 5.41 Å². The maximum Gasteiger partial charge on any atom is 0.191 e. The number of hydrogen-bond acceptors (Lipinski definition) is 3. The Morgan fingerprint density at radius 1 is 1.45 bits per heavy atom. The summed E-state index contributed by atoms with van der Waals surface area (Å²) in [5, 5.41) is 9.01. The van der Waals surface area contributed by atoms with Crippen LogP contribution in [-0.4, -0.2) is 50.1 Å². The molecule has 1 aromatic heterocycles. The van der Waals surface area contributed by atoms with E-state index in [-0.39, 0.29) is 5.41 Å². The Balaban J connectivity index is 1.91. The average molecular weight is 323 g/mol. The van der Waals surface area contributed by atoms with Crippen molar-refractivity contribution in [2.24, 2.45) is 4.99 Å². The van der Waals surface area contributed by atoms with Gasteiger partial charge in [0.25, 0.3) is 0 Å². The van der Waals surface area contributed by atoms with Crippen molar-refractivity contribution >= 4 is 17.3 Å².